The van der Waals surface area contributed by atoms with Crippen LogP contribution < -0.4 is 5.32 Å². The first kappa shape index (κ1) is 17.8. The number of carbonyl (C=O) groups is 1. The molecule has 1 fully saturated rings. The van der Waals surface area contributed by atoms with Gasteiger partial charge in [-0.25, -0.2) is 4.79 Å². The van der Waals surface area contributed by atoms with Crippen LogP contribution >= 0.6 is 0 Å². The minimum Gasteiger partial charge on any atom is -0.323 e. The van der Waals surface area contributed by atoms with Crippen LogP contribution in [0.2, 0.25) is 0 Å². The summed E-state index contributed by atoms with van der Waals surface area (Å²) in [6.45, 7) is 15.1. The number of urea groups is 1. The van der Waals surface area contributed by atoms with E-state index in [4.69, 9.17) is 0 Å². The van der Waals surface area contributed by atoms with Gasteiger partial charge in [-0.2, -0.15) is 5.10 Å². The van der Waals surface area contributed by atoms with E-state index in [9.17, 15) is 4.79 Å². The number of nitrogens with one attached hydrogen (secondary N) is 1. The molecule has 1 aliphatic rings. The lowest BCUT2D eigenvalue weighted by Gasteiger charge is -2.22. The number of aryl methyl sites for hydroxylation is 1. The standard InChI is InChI=1S/C17H31N5O/c1-6-8-20-9-7-10-21(12-11-20)17(23)18-16-14(4)19-22(13(2)3)15(16)5/h13H,6-12H2,1-5H3,(H,18,23). The second kappa shape index (κ2) is 7.81. The fraction of sp³-hybridized carbons (Fsp3) is 0.765. The van der Waals surface area contributed by atoms with Gasteiger partial charge in [0.05, 0.1) is 17.1 Å². The van der Waals surface area contributed by atoms with Crippen LogP contribution in [-0.4, -0.2) is 58.3 Å². The molecule has 0 unspecified atom stereocenters. The predicted molar refractivity (Wildman–Crippen MR) is 94.0 cm³/mol. The third-order valence-corrected chi connectivity index (χ3v) is 4.46. The quantitative estimate of drug-likeness (QED) is 0.927. The van der Waals surface area contributed by atoms with Gasteiger partial charge in [-0.3, -0.25) is 4.68 Å². The van der Waals surface area contributed by atoms with E-state index >= 15 is 0 Å². The van der Waals surface area contributed by atoms with Gasteiger partial charge < -0.3 is 15.1 Å². The molecule has 1 aromatic heterocycles. The minimum absolute atomic E-state index is 0.00199. The number of nitrogens with zero attached hydrogens (tertiary/aromatic N) is 4. The number of anilines is 1. The maximum Gasteiger partial charge on any atom is 0.321 e. The smallest absolute Gasteiger partial charge is 0.321 e. The van der Waals surface area contributed by atoms with Gasteiger partial charge in [-0.1, -0.05) is 6.92 Å². The maximum absolute atomic E-state index is 12.6. The monoisotopic (exact) mass is 321 g/mol. The van der Waals surface area contributed by atoms with Crippen molar-refractivity contribution in [1.82, 2.24) is 19.6 Å². The van der Waals surface area contributed by atoms with Crippen molar-refractivity contribution < 1.29 is 4.79 Å². The van der Waals surface area contributed by atoms with Crippen LogP contribution in [-0.2, 0) is 0 Å². The largest absolute Gasteiger partial charge is 0.323 e. The molecule has 0 bridgehead atoms. The number of amides is 2. The molecule has 1 N–H and O–H groups in total. The van der Waals surface area contributed by atoms with Crippen LogP contribution in [0, 0.1) is 13.8 Å². The Morgan fingerprint density at radius 2 is 1.96 bits per heavy atom. The van der Waals surface area contributed by atoms with Crippen molar-refractivity contribution in [2.45, 2.75) is 53.5 Å². The Hall–Kier alpha value is -1.56. The summed E-state index contributed by atoms with van der Waals surface area (Å²) in [4.78, 5) is 17.0. The molecule has 0 atom stereocenters. The molecule has 0 spiro atoms. The Morgan fingerprint density at radius 3 is 2.57 bits per heavy atom. The Bertz CT molecular complexity index is 537. The SMILES string of the molecule is CCCN1CCCN(C(=O)Nc2c(C)nn(C(C)C)c2C)CC1. The first-order chi connectivity index (χ1) is 10.9. The highest BCUT2D eigenvalue weighted by Crippen LogP contribution is 2.23. The Labute approximate surface area is 139 Å². The van der Waals surface area contributed by atoms with E-state index in [1.807, 2.05) is 23.4 Å². The highest BCUT2D eigenvalue weighted by atomic mass is 16.2. The lowest BCUT2D eigenvalue weighted by atomic mass is 10.3. The first-order valence-electron chi connectivity index (χ1n) is 8.78. The fourth-order valence-corrected chi connectivity index (χ4v) is 3.25. The minimum atomic E-state index is -0.00199. The van der Waals surface area contributed by atoms with Crippen LogP contribution in [0.1, 0.15) is 51.0 Å². The van der Waals surface area contributed by atoms with Crippen LogP contribution in [0.15, 0.2) is 0 Å². The molecule has 0 radical (unpaired) electrons. The van der Waals surface area contributed by atoms with Gasteiger partial charge in [0.15, 0.2) is 0 Å². The van der Waals surface area contributed by atoms with Gasteiger partial charge >= 0.3 is 6.03 Å². The van der Waals surface area contributed by atoms with Gasteiger partial charge in [0.25, 0.3) is 0 Å². The van der Waals surface area contributed by atoms with Crippen LogP contribution in [0.4, 0.5) is 10.5 Å². The van der Waals surface area contributed by atoms with E-state index in [1.54, 1.807) is 0 Å². The highest BCUT2D eigenvalue weighted by molar-refractivity contribution is 5.90. The molecular weight excluding hydrogens is 290 g/mol. The van der Waals surface area contributed by atoms with Gasteiger partial charge in [-0.05, 0) is 53.6 Å². The molecule has 2 rings (SSSR count). The molecule has 1 saturated heterocycles. The molecule has 6 nitrogen and oxygen atoms in total. The summed E-state index contributed by atoms with van der Waals surface area (Å²) >= 11 is 0. The second-order valence-electron chi connectivity index (χ2n) is 6.70. The molecule has 0 aliphatic carbocycles. The van der Waals surface area contributed by atoms with E-state index in [2.05, 4.69) is 36.1 Å². The topological polar surface area (TPSA) is 53.4 Å². The molecule has 1 aliphatic heterocycles. The molecule has 1 aromatic rings. The zero-order chi connectivity index (χ0) is 17.0. The average Bonchev–Trinajstić information content (AvgIpc) is 2.69. The number of rotatable bonds is 4. The summed E-state index contributed by atoms with van der Waals surface area (Å²) in [6, 6.07) is 0.290. The highest BCUT2D eigenvalue weighted by Gasteiger charge is 2.21. The molecule has 130 valence electrons. The van der Waals surface area contributed by atoms with E-state index in [0.29, 0.717) is 6.04 Å². The summed E-state index contributed by atoms with van der Waals surface area (Å²) in [5.74, 6) is 0. The zero-order valence-corrected chi connectivity index (χ0v) is 15.2. The Kier molecular flexibility index (Phi) is 6.04. The molecule has 2 heterocycles. The summed E-state index contributed by atoms with van der Waals surface area (Å²) in [5.41, 5.74) is 2.76. The number of aromatic nitrogens is 2. The summed E-state index contributed by atoms with van der Waals surface area (Å²) in [6.07, 6.45) is 2.20. The van der Waals surface area contributed by atoms with E-state index in [0.717, 1.165) is 56.2 Å². The van der Waals surface area contributed by atoms with E-state index < -0.39 is 0 Å². The molecule has 6 heteroatoms. The van der Waals surface area contributed by atoms with Gasteiger partial charge in [0.2, 0.25) is 0 Å². The second-order valence-corrected chi connectivity index (χ2v) is 6.70. The van der Waals surface area contributed by atoms with Crippen molar-refractivity contribution in [2.75, 3.05) is 38.0 Å². The summed E-state index contributed by atoms with van der Waals surface area (Å²) < 4.78 is 1.97. The first-order valence-corrected chi connectivity index (χ1v) is 8.78. The van der Waals surface area contributed by atoms with Gasteiger partial charge in [-0.15, -0.1) is 0 Å². The van der Waals surface area contributed by atoms with Crippen molar-refractivity contribution in [3.05, 3.63) is 11.4 Å². The molecule has 2 amide bonds. The van der Waals surface area contributed by atoms with Gasteiger partial charge in [0.1, 0.15) is 0 Å². The third-order valence-electron chi connectivity index (χ3n) is 4.46. The molecule has 0 aromatic carbocycles. The Morgan fingerprint density at radius 1 is 1.22 bits per heavy atom. The molecular formula is C17H31N5O. The molecule has 23 heavy (non-hydrogen) atoms. The van der Waals surface area contributed by atoms with Crippen LogP contribution in [0.25, 0.3) is 0 Å². The summed E-state index contributed by atoms with van der Waals surface area (Å²) in [7, 11) is 0. The van der Waals surface area contributed by atoms with Crippen molar-refractivity contribution in [1.29, 1.82) is 0 Å². The van der Waals surface area contributed by atoms with E-state index in [-0.39, 0.29) is 6.03 Å². The normalized spacial score (nSPS) is 16.7. The number of hydrogen-bond donors (Lipinski definition) is 1. The average molecular weight is 321 g/mol. The van der Waals surface area contributed by atoms with Crippen molar-refractivity contribution >= 4 is 11.7 Å². The van der Waals surface area contributed by atoms with Crippen molar-refractivity contribution in [2.24, 2.45) is 0 Å². The fourth-order valence-electron chi connectivity index (χ4n) is 3.25. The van der Waals surface area contributed by atoms with E-state index in [1.165, 1.54) is 6.42 Å². The number of hydrogen-bond acceptors (Lipinski definition) is 3. The van der Waals surface area contributed by atoms with Crippen LogP contribution in [0.3, 0.4) is 0 Å². The maximum atomic E-state index is 12.6. The van der Waals surface area contributed by atoms with Crippen LogP contribution in [0.5, 0.6) is 0 Å². The lowest BCUT2D eigenvalue weighted by Crippen LogP contribution is -2.38. The van der Waals surface area contributed by atoms with Gasteiger partial charge in [0, 0.05) is 25.7 Å². The molecule has 0 saturated carbocycles. The third kappa shape index (κ3) is 4.25. The van der Waals surface area contributed by atoms with Crippen molar-refractivity contribution in [3.63, 3.8) is 0 Å². The number of carbonyl (C=O) groups excluding carboxylic acids is 1. The van der Waals surface area contributed by atoms with Crippen molar-refractivity contribution in [3.8, 4) is 0 Å². The lowest BCUT2D eigenvalue weighted by molar-refractivity contribution is 0.211. The Balaban J connectivity index is 2.02. The zero-order valence-electron chi connectivity index (χ0n) is 15.2. The summed E-state index contributed by atoms with van der Waals surface area (Å²) in [5, 5.41) is 7.62. The predicted octanol–water partition coefficient (Wildman–Crippen LogP) is 3.03.